The lowest BCUT2D eigenvalue weighted by atomic mass is 9.66. The molecular formula is C23H32O2. The van der Waals surface area contributed by atoms with E-state index < -0.39 is 0 Å². The van der Waals surface area contributed by atoms with Gasteiger partial charge in [-0.05, 0) is 118 Å². The van der Waals surface area contributed by atoms with Crippen molar-refractivity contribution in [3.63, 3.8) is 0 Å². The molecule has 0 aromatic rings. The Labute approximate surface area is 151 Å². The zero-order chi connectivity index (χ0) is 16.6. The van der Waals surface area contributed by atoms with E-state index in [4.69, 9.17) is 4.74 Å². The normalized spacial score (nSPS) is 65.1. The fourth-order valence-electron chi connectivity index (χ4n) is 10.4. The van der Waals surface area contributed by atoms with E-state index in [1.165, 1.54) is 51.4 Å². The molecule has 2 heteroatoms. The van der Waals surface area contributed by atoms with Gasteiger partial charge in [0.2, 0.25) is 0 Å². The Balaban J connectivity index is 1.17. The third-order valence-corrected chi connectivity index (χ3v) is 10.8. The SMILES string of the molecule is C[C@@]1(OC(=O)C23CC4CC(CC2C4)C3)C[C@@H]2C[C@H]1[C@@H]1[C@@H]3CC[C@@H](C3)[C@H]21. The molecule has 0 spiro atoms. The lowest BCUT2D eigenvalue weighted by molar-refractivity contribution is -0.183. The second-order valence-electron chi connectivity index (χ2n) is 11.7. The van der Waals surface area contributed by atoms with Gasteiger partial charge >= 0.3 is 5.97 Å². The molecular weight excluding hydrogens is 308 g/mol. The van der Waals surface area contributed by atoms with Gasteiger partial charge in [-0.15, -0.1) is 0 Å². The Hall–Kier alpha value is -0.530. The van der Waals surface area contributed by atoms with Crippen LogP contribution in [0.1, 0.15) is 71.1 Å². The van der Waals surface area contributed by atoms with E-state index in [1.54, 1.807) is 0 Å². The number of esters is 1. The van der Waals surface area contributed by atoms with Gasteiger partial charge < -0.3 is 4.74 Å². The van der Waals surface area contributed by atoms with Gasteiger partial charge in [0.1, 0.15) is 5.60 Å². The first kappa shape index (κ1) is 14.5. The zero-order valence-corrected chi connectivity index (χ0v) is 15.6. The highest BCUT2D eigenvalue weighted by atomic mass is 16.6. The van der Waals surface area contributed by atoms with Crippen molar-refractivity contribution in [3.8, 4) is 0 Å². The van der Waals surface area contributed by atoms with Gasteiger partial charge in [-0.2, -0.15) is 0 Å². The van der Waals surface area contributed by atoms with Crippen LogP contribution in [0.2, 0.25) is 0 Å². The van der Waals surface area contributed by atoms with Gasteiger partial charge in [-0.3, -0.25) is 4.79 Å². The first-order valence-corrected chi connectivity index (χ1v) is 11.3. The van der Waals surface area contributed by atoms with E-state index in [0.29, 0.717) is 11.8 Å². The van der Waals surface area contributed by atoms with Gasteiger partial charge in [0.15, 0.2) is 0 Å². The minimum atomic E-state index is -0.123. The number of fused-ring (bicyclic) bond motifs is 9. The molecule has 0 radical (unpaired) electrons. The monoisotopic (exact) mass is 340 g/mol. The Morgan fingerprint density at radius 1 is 0.840 bits per heavy atom. The average Bonchev–Trinajstić information content (AvgIpc) is 3.34. The van der Waals surface area contributed by atoms with Crippen LogP contribution in [0.5, 0.6) is 0 Å². The van der Waals surface area contributed by atoms with Crippen LogP contribution in [-0.4, -0.2) is 11.6 Å². The van der Waals surface area contributed by atoms with Crippen LogP contribution >= 0.6 is 0 Å². The molecule has 9 atom stereocenters. The zero-order valence-electron chi connectivity index (χ0n) is 15.6. The molecule has 25 heavy (non-hydrogen) atoms. The molecule has 8 aliphatic rings. The highest BCUT2D eigenvalue weighted by Crippen LogP contribution is 2.71. The first-order chi connectivity index (χ1) is 12.1. The van der Waals surface area contributed by atoms with Crippen molar-refractivity contribution in [2.45, 2.75) is 76.7 Å². The number of carbonyl (C=O) groups is 1. The molecule has 8 fully saturated rings. The van der Waals surface area contributed by atoms with E-state index in [0.717, 1.165) is 54.3 Å². The highest BCUT2D eigenvalue weighted by molar-refractivity contribution is 5.79. The van der Waals surface area contributed by atoms with Crippen molar-refractivity contribution < 1.29 is 9.53 Å². The fraction of sp³-hybridized carbons (Fsp3) is 0.957. The summed E-state index contributed by atoms with van der Waals surface area (Å²) in [7, 11) is 0. The van der Waals surface area contributed by atoms with E-state index in [2.05, 4.69) is 6.92 Å². The maximum Gasteiger partial charge on any atom is 0.312 e. The van der Waals surface area contributed by atoms with E-state index in [1.807, 2.05) is 0 Å². The van der Waals surface area contributed by atoms with E-state index >= 15 is 0 Å². The summed E-state index contributed by atoms with van der Waals surface area (Å²) in [5.74, 6) is 8.07. The highest BCUT2D eigenvalue weighted by Gasteiger charge is 2.68. The van der Waals surface area contributed by atoms with E-state index in [9.17, 15) is 4.79 Å². The molecule has 8 saturated carbocycles. The summed E-state index contributed by atoms with van der Waals surface area (Å²) in [6, 6.07) is 0. The standard InChI is InChI=1S/C23H32O2/c1-22(11-16-8-18(22)20-15-3-2-14(7-15)19(16)20)25-21(24)23-9-12-4-13(10-23)6-17(23)5-12/h12-20H,2-11H2,1H3/t12?,13?,14-,15+,16-,17?,18-,19+,20-,22+,23?/m0/s1. The summed E-state index contributed by atoms with van der Waals surface area (Å²) >= 11 is 0. The van der Waals surface area contributed by atoms with Crippen LogP contribution in [0.3, 0.4) is 0 Å². The second-order valence-corrected chi connectivity index (χ2v) is 11.7. The summed E-state index contributed by atoms with van der Waals surface area (Å²) < 4.78 is 6.57. The van der Waals surface area contributed by atoms with Crippen LogP contribution in [0, 0.1) is 58.7 Å². The van der Waals surface area contributed by atoms with Gasteiger partial charge in [0.25, 0.3) is 0 Å². The Morgan fingerprint density at radius 2 is 1.56 bits per heavy atom. The van der Waals surface area contributed by atoms with Crippen LogP contribution < -0.4 is 0 Å². The number of hydrogen-bond acceptors (Lipinski definition) is 2. The predicted molar refractivity (Wildman–Crippen MR) is 94.5 cm³/mol. The van der Waals surface area contributed by atoms with Crippen LogP contribution in [-0.2, 0) is 9.53 Å². The van der Waals surface area contributed by atoms with Crippen molar-refractivity contribution in [3.05, 3.63) is 0 Å². The molecule has 8 rings (SSSR count). The largest absolute Gasteiger partial charge is 0.459 e. The van der Waals surface area contributed by atoms with Crippen LogP contribution in [0.15, 0.2) is 0 Å². The molecule has 2 unspecified atom stereocenters. The molecule has 0 N–H and O–H groups in total. The van der Waals surface area contributed by atoms with Crippen molar-refractivity contribution in [2.24, 2.45) is 58.7 Å². The van der Waals surface area contributed by atoms with Gasteiger partial charge in [-0.25, -0.2) is 0 Å². The molecule has 0 aromatic carbocycles. The summed E-state index contributed by atoms with van der Waals surface area (Å²) in [5, 5.41) is 0. The maximum absolute atomic E-state index is 13.5. The minimum Gasteiger partial charge on any atom is -0.459 e. The maximum atomic E-state index is 13.5. The van der Waals surface area contributed by atoms with Crippen molar-refractivity contribution in [1.82, 2.24) is 0 Å². The van der Waals surface area contributed by atoms with Gasteiger partial charge in [0, 0.05) is 5.92 Å². The summed E-state index contributed by atoms with van der Waals surface area (Å²) in [4.78, 5) is 13.5. The lowest BCUT2D eigenvalue weighted by Gasteiger charge is -2.45. The molecule has 0 aromatic heterocycles. The summed E-state index contributed by atoms with van der Waals surface area (Å²) in [6.45, 7) is 2.33. The van der Waals surface area contributed by atoms with Gasteiger partial charge in [-0.1, -0.05) is 0 Å². The Kier molecular flexibility index (Phi) is 2.50. The second kappa shape index (κ2) is 4.30. The minimum absolute atomic E-state index is 0.0491. The summed E-state index contributed by atoms with van der Waals surface area (Å²) in [6.07, 6.45) is 13.4. The molecule has 0 saturated heterocycles. The molecule has 0 heterocycles. The summed E-state index contributed by atoms with van der Waals surface area (Å²) in [5.41, 5.74) is -0.172. The quantitative estimate of drug-likeness (QED) is 0.532. The Bertz CT molecular complexity index is 640. The number of carbonyl (C=O) groups excluding carboxylic acids is 1. The molecule has 0 aliphatic heterocycles. The fourth-order valence-corrected chi connectivity index (χ4v) is 10.4. The van der Waals surface area contributed by atoms with Crippen LogP contribution in [0.4, 0.5) is 0 Å². The predicted octanol–water partition coefficient (Wildman–Crippen LogP) is 4.82. The van der Waals surface area contributed by atoms with E-state index in [-0.39, 0.29) is 17.0 Å². The molecule has 8 bridgehead atoms. The average molecular weight is 341 g/mol. The molecule has 136 valence electrons. The molecule has 0 amide bonds. The third-order valence-electron chi connectivity index (χ3n) is 10.8. The topological polar surface area (TPSA) is 26.3 Å². The Morgan fingerprint density at radius 3 is 2.32 bits per heavy atom. The van der Waals surface area contributed by atoms with Gasteiger partial charge in [0.05, 0.1) is 5.41 Å². The van der Waals surface area contributed by atoms with Crippen LogP contribution in [0.25, 0.3) is 0 Å². The van der Waals surface area contributed by atoms with Crippen molar-refractivity contribution >= 4 is 5.97 Å². The molecule has 2 nitrogen and oxygen atoms in total. The number of ether oxygens (including phenoxy) is 1. The first-order valence-electron chi connectivity index (χ1n) is 11.3. The number of hydrogen-bond donors (Lipinski definition) is 0. The molecule has 8 aliphatic carbocycles. The lowest BCUT2D eigenvalue weighted by Crippen LogP contribution is -2.48. The smallest absolute Gasteiger partial charge is 0.312 e. The number of rotatable bonds is 2. The van der Waals surface area contributed by atoms with Crippen molar-refractivity contribution in [1.29, 1.82) is 0 Å². The van der Waals surface area contributed by atoms with Crippen molar-refractivity contribution in [2.75, 3.05) is 0 Å². The third kappa shape index (κ3) is 1.59.